The molecule has 0 saturated carbocycles. The monoisotopic (exact) mass is 417 g/mol. The third-order valence-corrected chi connectivity index (χ3v) is 6.40. The number of carbonyl (C=O) groups excluding carboxylic acids is 2. The number of anilines is 1. The summed E-state index contributed by atoms with van der Waals surface area (Å²) in [6, 6.07) is 6.23. The number of nitrogens with one attached hydrogen (secondary N) is 2. The lowest BCUT2D eigenvalue weighted by Crippen LogP contribution is -2.18. The van der Waals surface area contributed by atoms with Crippen molar-refractivity contribution in [2.45, 2.75) is 24.4 Å². The Hall–Kier alpha value is -2.72. The van der Waals surface area contributed by atoms with Crippen LogP contribution in [0.15, 0.2) is 29.4 Å². The molecule has 0 atom stereocenters. The molecule has 0 saturated heterocycles. The van der Waals surface area contributed by atoms with Gasteiger partial charge in [0.2, 0.25) is 11.1 Å². The molecule has 1 aromatic carbocycles. The van der Waals surface area contributed by atoms with Gasteiger partial charge in [0.1, 0.15) is 10.8 Å². The van der Waals surface area contributed by atoms with Crippen molar-refractivity contribution in [3.8, 4) is 11.4 Å². The number of nitrogens with two attached hydrogens (primary N) is 1. The summed E-state index contributed by atoms with van der Waals surface area (Å²) >= 11 is 2.52. The van der Waals surface area contributed by atoms with Gasteiger partial charge in [0.25, 0.3) is 5.91 Å². The fourth-order valence-corrected chi connectivity index (χ4v) is 5.04. The van der Waals surface area contributed by atoms with E-state index >= 15 is 0 Å². The number of hydrogen-bond donors (Lipinski definition) is 3. The van der Waals surface area contributed by atoms with Gasteiger partial charge < -0.3 is 11.1 Å². The number of thioether (sulfide) groups is 1. The minimum atomic E-state index is -0.522. The number of benzene rings is 1. The van der Waals surface area contributed by atoms with E-state index in [-0.39, 0.29) is 11.7 Å². The van der Waals surface area contributed by atoms with Gasteiger partial charge >= 0.3 is 0 Å². The molecule has 2 amide bonds. The molecule has 28 heavy (non-hydrogen) atoms. The van der Waals surface area contributed by atoms with Gasteiger partial charge in [-0.2, -0.15) is 0 Å². The summed E-state index contributed by atoms with van der Waals surface area (Å²) in [6.07, 6.45) is 2.71. The molecule has 0 unspecified atom stereocenters. The van der Waals surface area contributed by atoms with Crippen LogP contribution in [0.4, 0.5) is 9.39 Å². The highest BCUT2D eigenvalue weighted by atomic mass is 32.2. The number of halogens is 1. The largest absolute Gasteiger partial charge is 0.365 e. The minimum Gasteiger partial charge on any atom is -0.365 e. The molecule has 1 aliphatic rings. The van der Waals surface area contributed by atoms with E-state index in [9.17, 15) is 14.0 Å². The number of amides is 2. The summed E-state index contributed by atoms with van der Waals surface area (Å²) in [5, 5.41) is 10.3. The molecule has 0 radical (unpaired) electrons. The van der Waals surface area contributed by atoms with E-state index in [4.69, 9.17) is 5.73 Å². The van der Waals surface area contributed by atoms with Gasteiger partial charge in [-0.1, -0.05) is 23.9 Å². The van der Waals surface area contributed by atoms with Crippen molar-refractivity contribution < 1.29 is 14.0 Å². The van der Waals surface area contributed by atoms with Gasteiger partial charge in [-0.3, -0.25) is 14.7 Å². The SMILES string of the molecule is NC(=O)c1c(NC(=O)CSc2n[nH]c(-c3ccccc3F)n2)sc2c1CCC2. The number of aromatic amines is 1. The maximum atomic E-state index is 13.8. The quantitative estimate of drug-likeness (QED) is 0.534. The second-order valence-electron chi connectivity index (χ2n) is 6.21. The molecule has 7 nitrogen and oxygen atoms in total. The van der Waals surface area contributed by atoms with Gasteiger partial charge in [-0.05, 0) is 37.0 Å². The van der Waals surface area contributed by atoms with Crippen molar-refractivity contribution in [3.05, 3.63) is 46.1 Å². The van der Waals surface area contributed by atoms with Crippen molar-refractivity contribution in [2.75, 3.05) is 11.1 Å². The fourth-order valence-electron chi connectivity index (χ4n) is 3.13. The lowest BCUT2D eigenvalue weighted by Gasteiger charge is -2.05. The van der Waals surface area contributed by atoms with Gasteiger partial charge in [0.15, 0.2) is 5.82 Å². The van der Waals surface area contributed by atoms with Crippen molar-refractivity contribution in [1.29, 1.82) is 0 Å². The number of H-pyrrole nitrogens is 1. The minimum absolute atomic E-state index is 0.0509. The summed E-state index contributed by atoms with van der Waals surface area (Å²) in [6.45, 7) is 0. The molecule has 0 fully saturated rings. The standard InChI is InChI=1S/C18H16FN5O2S2/c19-11-6-2-1-4-9(11)16-22-18(24-23-16)27-8-13(25)21-17-14(15(20)26)10-5-3-7-12(10)28-17/h1-2,4,6H,3,5,7-8H2,(H2,20,26)(H,21,25)(H,22,23,24). The van der Waals surface area contributed by atoms with Crippen LogP contribution in [0.3, 0.4) is 0 Å². The van der Waals surface area contributed by atoms with Crippen LogP contribution in [0.25, 0.3) is 11.4 Å². The Labute approximate surface area is 167 Å². The molecule has 4 N–H and O–H groups in total. The molecule has 2 aromatic heterocycles. The number of primary amides is 1. The number of rotatable bonds is 6. The van der Waals surface area contributed by atoms with E-state index in [1.165, 1.54) is 17.4 Å². The number of hydrogen-bond acceptors (Lipinski definition) is 6. The summed E-state index contributed by atoms with van der Waals surface area (Å²) in [7, 11) is 0. The van der Waals surface area contributed by atoms with Crippen molar-refractivity contribution >= 4 is 39.9 Å². The molecular weight excluding hydrogens is 401 g/mol. The first-order chi connectivity index (χ1) is 13.5. The first-order valence-corrected chi connectivity index (χ1v) is 10.4. The average molecular weight is 417 g/mol. The molecule has 10 heteroatoms. The van der Waals surface area contributed by atoms with Crippen LogP contribution >= 0.6 is 23.1 Å². The van der Waals surface area contributed by atoms with E-state index in [2.05, 4.69) is 20.5 Å². The maximum absolute atomic E-state index is 13.8. The lowest BCUT2D eigenvalue weighted by atomic mass is 10.1. The molecule has 3 aromatic rings. The normalized spacial score (nSPS) is 12.8. The van der Waals surface area contributed by atoms with Crippen molar-refractivity contribution in [2.24, 2.45) is 5.73 Å². The maximum Gasteiger partial charge on any atom is 0.251 e. The van der Waals surface area contributed by atoms with Gasteiger partial charge in [0.05, 0.1) is 16.9 Å². The van der Waals surface area contributed by atoms with Crippen LogP contribution < -0.4 is 11.1 Å². The third-order valence-electron chi connectivity index (χ3n) is 4.35. The Bertz CT molecular complexity index is 1060. The van der Waals surface area contributed by atoms with Crippen LogP contribution in [-0.4, -0.2) is 32.7 Å². The molecular formula is C18H16FN5O2S2. The first kappa shape index (κ1) is 18.6. The van der Waals surface area contributed by atoms with Crippen LogP contribution in [0.1, 0.15) is 27.2 Å². The van der Waals surface area contributed by atoms with Gasteiger partial charge in [-0.15, -0.1) is 16.4 Å². The highest BCUT2D eigenvalue weighted by Gasteiger charge is 2.26. The third kappa shape index (κ3) is 3.65. The summed E-state index contributed by atoms with van der Waals surface area (Å²) in [5.74, 6) is -0.866. The van der Waals surface area contributed by atoms with E-state index in [0.29, 0.717) is 27.1 Å². The number of aryl methyl sites for hydroxylation is 1. The topological polar surface area (TPSA) is 114 Å². The lowest BCUT2D eigenvalue weighted by molar-refractivity contribution is -0.113. The fraction of sp³-hybridized carbons (Fsp3) is 0.222. The number of aromatic nitrogens is 3. The average Bonchev–Trinajstić information content (AvgIpc) is 3.35. The van der Waals surface area contributed by atoms with E-state index < -0.39 is 11.7 Å². The molecule has 0 spiro atoms. The molecule has 0 bridgehead atoms. The Morgan fingerprint density at radius 3 is 2.93 bits per heavy atom. The highest BCUT2D eigenvalue weighted by Crippen LogP contribution is 2.38. The second-order valence-corrected chi connectivity index (χ2v) is 8.26. The van der Waals surface area contributed by atoms with Gasteiger partial charge in [0, 0.05) is 4.88 Å². The zero-order valence-corrected chi connectivity index (χ0v) is 16.3. The molecule has 2 heterocycles. The van der Waals surface area contributed by atoms with E-state index in [1.807, 2.05) is 0 Å². The summed E-state index contributed by atoms with van der Waals surface area (Å²) in [4.78, 5) is 29.4. The van der Waals surface area contributed by atoms with Crippen molar-refractivity contribution in [1.82, 2.24) is 15.2 Å². The number of nitrogens with zero attached hydrogens (tertiary/aromatic N) is 2. The second kappa shape index (κ2) is 7.72. The smallest absolute Gasteiger partial charge is 0.251 e. The summed E-state index contributed by atoms with van der Waals surface area (Å²) < 4.78 is 13.8. The first-order valence-electron chi connectivity index (χ1n) is 8.57. The number of carbonyl (C=O) groups is 2. The Balaban J connectivity index is 1.41. The summed E-state index contributed by atoms with van der Waals surface area (Å²) in [5.41, 5.74) is 7.20. The zero-order chi connectivity index (χ0) is 19.7. The van der Waals surface area contributed by atoms with Crippen LogP contribution in [0.5, 0.6) is 0 Å². The predicted octanol–water partition coefficient (Wildman–Crippen LogP) is 2.99. The Morgan fingerprint density at radius 1 is 1.32 bits per heavy atom. The van der Waals surface area contributed by atoms with Crippen LogP contribution in [-0.2, 0) is 17.6 Å². The van der Waals surface area contributed by atoms with E-state index in [0.717, 1.165) is 41.5 Å². The number of fused-ring (bicyclic) bond motifs is 1. The Morgan fingerprint density at radius 2 is 2.14 bits per heavy atom. The van der Waals surface area contributed by atoms with E-state index in [1.54, 1.807) is 18.2 Å². The molecule has 0 aliphatic heterocycles. The number of thiophene rings is 1. The Kier molecular flexibility index (Phi) is 5.14. The van der Waals surface area contributed by atoms with Gasteiger partial charge in [-0.25, -0.2) is 9.37 Å². The molecule has 4 rings (SSSR count). The predicted molar refractivity (Wildman–Crippen MR) is 106 cm³/mol. The highest BCUT2D eigenvalue weighted by molar-refractivity contribution is 7.99. The van der Waals surface area contributed by atoms with Crippen LogP contribution in [0, 0.1) is 5.82 Å². The molecule has 144 valence electrons. The van der Waals surface area contributed by atoms with Crippen LogP contribution in [0.2, 0.25) is 0 Å². The molecule has 1 aliphatic carbocycles. The van der Waals surface area contributed by atoms with Crippen molar-refractivity contribution in [3.63, 3.8) is 0 Å². The zero-order valence-electron chi connectivity index (χ0n) is 14.6.